The fraction of sp³-hybridized carbons (Fsp3) is 0.200. The molecule has 0 aliphatic rings. The molecule has 0 atom stereocenters. The first-order chi connectivity index (χ1) is 10.1. The van der Waals surface area contributed by atoms with E-state index >= 15 is 0 Å². The molecule has 0 spiro atoms. The second-order valence-electron chi connectivity index (χ2n) is 4.30. The highest BCUT2D eigenvalue weighted by Crippen LogP contribution is 2.28. The number of carbonyl (C=O) groups excluding carboxylic acids is 1. The van der Waals surface area contributed by atoms with Gasteiger partial charge >= 0.3 is 0 Å². The molecule has 1 amide bonds. The molecular formula is C15H14ClFN2O2. The minimum Gasteiger partial charge on any atom is -0.491 e. The largest absolute Gasteiger partial charge is 0.491 e. The fourth-order valence-electron chi connectivity index (χ4n) is 1.69. The van der Waals surface area contributed by atoms with E-state index in [1.165, 1.54) is 12.3 Å². The van der Waals surface area contributed by atoms with Gasteiger partial charge in [0.05, 0.1) is 24.1 Å². The summed E-state index contributed by atoms with van der Waals surface area (Å²) in [6, 6.07) is 6.19. The number of carbonyl (C=O) groups is 1. The fourth-order valence-corrected chi connectivity index (χ4v) is 1.86. The predicted molar refractivity (Wildman–Crippen MR) is 79.4 cm³/mol. The highest BCUT2D eigenvalue weighted by atomic mass is 35.5. The number of hydrogen-bond donors (Lipinski definition) is 1. The Bertz CT molecular complexity index is 649. The molecule has 0 saturated carbocycles. The molecule has 1 heterocycles. The summed E-state index contributed by atoms with van der Waals surface area (Å²) in [6.45, 7) is 2.48. The smallest absolute Gasteiger partial charge is 0.258 e. The quantitative estimate of drug-likeness (QED) is 0.911. The molecule has 0 aliphatic carbocycles. The van der Waals surface area contributed by atoms with Crippen LogP contribution in [0, 0.1) is 5.82 Å². The number of rotatable bonds is 5. The van der Waals surface area contributed by atoms with E-state index in [4.69, 9.17) is 16.3 Å². The maximum absolute atomic E-state index is 13.5. The van der Waals surface area contributed by atoms with Crippen LogP contribution >= 0.6 is 11.6 Å². The van der Waals surface area contributed by atoms with Gasteiger partial charge in [-0.1, -0.05) is 18.5 Å². The van der Waals surface area contributed by atoms with Gasteiger partial charge in [0, 0.05) is 11.2 Å². The van der Waals surface area contributed by atoms with Crippen LogP contribution in [-0.4, -0.2) is 17.5 Å². The van der Waals surface area contributed by atoms with Crippen molar-refractivity contribution < 1.29 is 13.9 Å². The first kappa shape index (κ1) is 15.3. The van der Waals surface area contributed by atoms with Crippen LogP contribution in [0.4, 0.5) is 10.1 Å². The number of amides is 1. The number of benzene rings is 1. The molecule has 2 aromatic rings. The van der Waals surface area contributed by atoms with Crippen LogP contribution in [-0.2, 0) is 0 Å². The Kier molecular flexibility index (Phi) is 5.11. The van der Waals surface area contributed by atoms with Crippen molar-refractivity contribution in [1.82, 2.24) is 4.98 Å². The second kappa shape index (κ2) is 7.04. The standard InChI is InChI=1S/C15H14ClFN2O2/c1-2-7-21-14-4-3-10(16)8-13(14)19-15(20)11-5-6-18-9-12(11)17/h3-6,8-9H,2,7H2,1H3,(H,19,20). The average Bonchev–Trinajstić information content (AvgIpc) is 2.47. The van der Waals surface area contributed by atoms with E-state index in [0.29, 0.717) is 23.1 Å². The Morgan fingerprint density at radius 1 is 1.43 bits per heavy atom. The van der Waals surface area contributed by atoms with Gasteiger partial charge in [0.2, 0.25) is 0 Å². The summed E-state index contributed by atoms with van der Waals surface area (Å²) in [5.41, 5.74) is 0.309. The molecule has 2 rings (SSSR count). The zero-order chi connectivity index (χ0) is 15.2. The summed E-state index contributed by atoms with van der Waals surface area (Å²) >= 11 is 5.92. The SMILES string of the molecule is CCCOc1ccc(Cl)cc1NC(=O)c1ccncc1F. The van der Waals surface area contributed by atoms with Crippen LogP contribution in [0.2, 0.25) is 5.02 Å². The van der Waals surface area contributed by atoms with E-state index in [1.807, 2.05) is 6.92 Å². The number of hydrogen-bond acceptors (Lipinski definition) is 3. The molecule has 0 bridgehead atoms. The summed E-state index contributed by atoms with van der Waals surface area (Å²) in [6.07, 6.45) is 3.17. The molecule has 0 radical (unpaired) electrons. The van der Waals surface area contributed by atoms with Crippen molar-refractivity contribution in [2.45, 2.75) is 13.3 Å². The second-order valence-corrected chi connectivity index (χ2v) is 4.74. The van der Waals surface area contributed by atoms with Gasteiger partial charge in [-0.05, 0) is 30.7 Å². The topological polar surface area (TPSA) is 51.2 Å². The number of nitrogens with zero attached hydrogens (tertiary/aromatic N) is 1. The summed E-state index contributed by atoms with van der Waals surface area (Å²) < 4.78 is 19.1. The first-order valence-electron chi connectivity index (χ1n) is 6.45. The molecule has 110 valence electrons. The molecule has 1 aromatic carbocycles. The normalized spacial score (nSPS) is 10.2. The lowest BCUT2D eigenvalue weighted by molar-refractivity contribution is 0.102. The van der Waals surface area contributed by atoms with Crippen molar-refractivity contribution >= 4 is 23.2 Å². The number of anilines is 1. The monoisotopic (exact) mass is 308 g/mol. The molecule has 0 saturated heterocycles. The van der Waals surface area contributed by atoms with E-state index in [9.17, 15) is 9.18 Å². The van der Waals surface area contributed by atoms with Crippen LogP contribution in [0.1, 0.15) is 23.7 Å². The van der Waals surface area contributed by atoms with Crippen LogP contribution in [0.25, 0.3) is 0 Å². The summed E-state index contributed by atoms with van der Waals surface area (Å²) in [7, 11) is 0. The maximum atomic E-state index is 13.5. The van der Waals surface area contributed by atoms with Gasteiger partial charge in [0.15, 0.2) is 5.82 Å². The molecule has 6 heteroatoms. The zero-order valence-electron chi connectivity index (χ0n) is 11.4. The van der Waals surface area contributed by atoms with Crippen LogP contribution < -0.4 is 10.1 Å². The van der Waals surface area contributed by atoms with Crippen LogP contribution in [0.5, 0.6) is 5.75 Å². The van der Waals surface area contributed by atoms with Crippen molar-refractivity contribution in [3.63, 3.8) is 0 Å². The van der Waals surface area contributed by atoms with Crippen molar-refractivity contribution in [1.29, 1.82) is 0 Å². The van der Waals surface area contributed by atoms with Crippen molar-refractivity contribution in [3.8, 4) is 5.75 Å². The van der Waals surface area contributed by atoms with Gasteiger partial charge in [0.25, 0.3) is 5.91 Å². The Morgan fingerprint density at radius 3 is 2.95 bits per heavy atom. The molecule has 4 nitrogen and oxygen atoms in total. The molecule has 0 fully saturated rings. The van der Waals surface area contributed by atoms with Crippen molar-refractivity contribution in [2.24, 2.45) is 0 Å². The Morgan fingerprint density at radius 2 is 2.24 bits per heavy atom. The highest BCUT2D eigenvalue weighted by molar-refractivity contribution is 6.31. The Labute approximate surface area is 126 Å². The molecule has 1 aromatic heterocycles. The Balaban J connectivity index is 2.24. The minimum atomic E-state index is -0.687. The van der Waals surface area contributed by atoms with E-state index in [0.717, 1.165) is 12.6 Å². The predicted octanol–water partition coefficient (Wildman–Crippen LogP) is 3.92. The highest BCUT2D eigenvalue weighted by Gasteiger charge is 2.14. The number of pyridine rings is 1. The van der Waals surface area contributed by atoms with Crippen molar-refractivity contribution in [2.75, 3.05) is 11.9 Å². The summed E-state index contributed by atoms with van der Waals surface area (Å²) in [4.78, 5) is 15.7. The van der Waals surface area contributed by atoms with Gasteiger partial charge in [-0.2, -0.15) is 0 Å². The van der Waals surface area contributed by atoms with Crippen LogP contribution in [0.3, 0.4) is 0 Å². The van der Waals surface area contributed by atoms with Gasteiger partial charge in [-0.25, -0.2) is 4.39 Å². The average molecular weight is 309 g/mol. The number of nitrogens with one attached hydrogen (secondary N) is 1. The third kappa shape index (κ3) is 3.92. The summed E-state index contributed by atoms with van der Waals surface area (Å²) in [5.74, 6) is -0.782. The van der Waals surface area contributed by atoms with E-state index < -0.39 is 11.7 Å². The summed E-state index contributed by atoms with van der Waals surface area (Å²) in [5, 5.41) is 3.05. The van der Waals surface area contributed by atoms with Gasteiger partial charge in [-0.3, -0.25) is 9.78 Å². The molecule has 1 N–H and O–H groups in total. The molecule has 0 aliphatic heterocycles. The zero-order valence-corrected chi connectivity index (χ0v) is 12.2. The third-order valence-electron chi connectivity index (χ3n) is 2.67. The van der Waals surface area contributed by atoms with E-state index in [1.54, 1.807) is 18.2 Å². The number of aromatic nitrogens is 1. The van der Waals surface area contributed by atoms with E-state index in [2.05, 4.69) is 10.3 Å². The molecular weight excluding hydrogens is 295 g/mol. The van der Waals surface area contributed by atoms with E-state index in [-0.39, 0.29) is 5.56 Å². The number of ether oxygens (including phenoxy) is 1. The van der Waals surface area contributed by atoms with Gasteiger partial charge in [0.1, 0.15) is 5.75 Å². The van der Waals surface area contributed by atoms with Crippen LogP contribution in [0.15, 0.2) is 36.7 Å². The lowest BCUT2D eigenvalue weighted by Gasteiger charge is -2.12. The Hall–Kier alpha value is -2.14. The minimum absolute atomic E-state index is 0.0913. The van der Waals surface area contributed by atoms with Gasteiger partial charge in [-0.15, -0.1) is 0 Å². The lowest BCUT2D eigenvalue weighted by atomic mass is 10.2. The molecule has 21 heavy (non-hydrogen) atoms. The van der Waals surface area contributed by atoms with Crippen molar-refractivity contribution in [3.05, 3.63) is 53.1 Å². The molecule has 0 unspecified atom stereocenters. The number of halogens is 2. The van der Waals surface area contributed by atoms with Gasteiger partial charge < -0.3 is 10.1 Å². The third-order valence-corrected chi connectivity index (χ3v) is 2.90. The lowest BCUT2D eigenvalue weighted by Crippen LogP contribution is -2.15. The maximum Gasteiger partial charge on any atom is 0.258 e. The first-order valence-corrected chi connectivity index (χ1v) is 6.83.